The minimum Gasteiger partial charge on any atom is -0.384 e. The van der Waals surface area contributed by atoms with Crippen LogP contribution in [0.5, 0.6) is 0 Å². The van der Waals surface area contributed by atoms with Crippen molar-refractivity contribution < 1.29 is 4.92 Å². The smallest absolute Gasteiger partial charge is 0.311 e. The summed E-state index contributed by atoms with van der Waals surface area (Å²) < 4.78 is 0. The van der Waals surface area contributed by atoms with E-state index in [0.29, 0.717) is 17.7 Å². The fraction of sp³-hybridized carbons (Fsp3) is 0.583. The molecule has 0 spiro atoms. The lowest BCUT2D eigenvalue weighted by molar-refractivity contribution is -0.384. The van der Waals surface area contributed by atoms with Crippen LogP contribution in [-0.4, -0.2) is 22.5 Å². The van der Waals surface area contributed by atoms with Crippen LogP contribution in [0.1, 0.15) is 32.6 Å². The molecule has 1 fully saturated rings. The summed E-state index contributed by atoms with van der Waals surface area (Å²) in [7, 11) is 0. The number of hydrogen-bond acceptors (Lipinski definition) is 5. The molecule has 2 heterocycles. The number of nitrogen functional groups attached to an aromatic ring is 1. The number of anilines is 2. The minimum absolute atomic E-state index is 0.0459. The van der Waals surface area contributed by atoms with Gasteiger partial charge in [0.2, 0.25) is 5.82 Å². The Morgan fingerprint density at radius 1 is 1.56 bits per heavy atom. The lowest BCUT2D eigenvalue weighted by Crippen LogP contribution is -2.40. The van der Waals surface area contributed by atoms with Gasteiger partial charge in [0.1, 0.15) is 5.82 Å². The van der Waals surface area contributed by atoms with Crippen LogP contribution in [0.3, 0.4) is 0 Å². The van der Waals surface area contributed by atoms with Crippen LogP contribution < -0.4 is 10.6 Å². The van der Waals surface area contributed by atoms with Crippen LogP contribution in [0.2, 0.25) is 0 Å². The van der Waals surface area contributed by atoms with Crippen LogP contribution in [0.4, 0.5) is 17.3 Å². The normalized spacial score (nSPS) is 19.8. The predicted molar refractivity (Wildman–Crippen MR) is 70.6 cm³/mol. The van der Waals surface area contributed by atoms with Gasteiger partial charge < -0.3 is 10.6 Å². The van der Waals surface area contributed by atoms with Crippen molar-refractivity contribution in [1.29, 1.82) is 0 Å². The van der Waals surface area contributed by atoms with E-state index in [1.54, 1.807) is 0 Å². The molecule has 18 heavy (non-hydrogen) atoms. The molecule has 98 valence electrons. The molecule has 1 aromatic heterocycles. The summed E-state index contributed by atoms with van der Waals surface area (Å²) in [6, 6.07) is 3.25. The first kappa shape index (κ1) is 12.6. The monoisotopic (exact) mass is 250 g/mol. The lowest BCUT2D eigenvalue weighted by atomic mass is 10.00. The molecule has 2 N–H and O–H groups in total. The number of hydrogen-bond donors (Lipinski definition) is 1. The molecule has 0 radical (unpaired) electrons. The number of aromatic nitrogens is 1. The molecule has 1 atom stereocenters. The van der Waals surface area contributed by atoms with E-state index in [2.05, 4.69) is 11.9 Å². The molecule has 1 saturated heterocycles. The van der Waals surface area contributed by atoms with E-state index in [4.69, 9.17) is 5.73 Å². The Hall–Kier alpha value is -1.85. The molecule has 0 saturated carbocycles. The second kappa shape index (κ2) is 5.20. The highest BCUT2D eigenvalue weighted by Gasteiger charge is 2.28. The second-order valence-electron chi connectivity index (χ2n) is 4.59. The van der Waals surface area contributed by atoms with Crippen molar-refractivity contribution in [2.75, 3.05) is 17.2 Å². The molecule has 6 heteroatoms. The van der Waals surface area contributed by atoms with Gasteiger partial charge in [-0.05, 0) is 31.7 Å². The molecule has 0 bridgehead atoms. The second-order valence-corrected chi connectivity index (χ2v) is 4.59. The summed E-state index contributed by atoms with van der Waals surface area (Å²) in [5, 5.41) is 11.1. The van der Waals surface area contributed by atoms with E-state index in [1.807, 2.05) is 4.90 Å². The maximum atomic E-state index is 11.1. The molecular weight excluding hydrogens is 232 g/mol. The molecule has 1 aliphatic heterocycles. The highest BCUT2D eigenvalue weighted by atomic mass is 16.6. The zero-order valence-electron chi connectivity index (χ0n) is 10.5. The Morgan fingerprint density at radius 3 is 3.00 bits per heavy atom. The number of nitrogens with zero attached hydrogens (tertiary/aromatic N) is 3. The summed E-state index contributed by atoms with van der Waals surface area (Å²) in [5.74, 6) is 0.752. The predicted octanol–water partition coefficient (Wildman–Crippen LogP) is 2.34. The summed E-state index contributed by atoms with van der Waals surface area (Å²) in [6.07, 6.45) is 4.24. The van der Waals surface area contributed by atoms with Crippen LogP contribution in [-0.2, 0) is 0 Å². The van der Waals surface area contributed by atoms with E-state index in [9.17, 15) is 10.1 Å². The van der Waals surface area contributed by atoms with Crippen molar-refractivity contribution in [2.45, 2.75) is 38.6 Å². The first-order valence-electron chi connectivity index (χ1n) is 6.31. The number of nitro groups is 1. The van der Waals surface area contributed by atoms with Gasteiger partial charge in [-0.3, -0.25) is 10.1 Å². The van der Waals surface area contributed by atoms with Crippen LogP contribution in [0.15, 0.2) is 12.1 Å². The van der Waals surface area contributed by atoms with Crippen molar-refractivity contribution in [1.82, 2.24) is 4.98 Å². The van der Waals surface area contributed by atoms with Crippen molar-refractivity contribution in [2.24, 2.45) is 0 Å². The average Bonchev–Trinajstić information content (AvgIpc) is 2.38. The Bertz CT molecular complexity index is 450. The zero-order valence-corrected chi connectivity index (χ0v) is 10.5. The molecule has 1 aromatic rings. The number of nitrogens with two attached hydrogens (primary N) is 1. The molecule has 2 rings (SSSR count). The topological polar surface area (TPSA) is 85.3 Å². The van der Waals surface area contributed by atoms with Gasteiger partial charge in [0, 0.05) is 18.7 Å². The van der Waals surface area contributed by atoms with E-state index in [1.165, 1.54) is 18.6 Å². The third kappa shape index (κ3) is 2.37. The maximum absolute atomic E-state index is 11.1. The molecule has 1 aliphatic rings. The summed E-state index contributed by atoms with van der Waals surface area (Å²) in [6.45, 7) is 2.91. The summed E-state index contributed by atoms with van der Waals surface area (Å²) in [5.41, 5.74) is 5.71. The first-order chi connectivity index (χ1) is 8.63. The van der Waals surface area contributed by atoms with Crippen molar-refractivity contribution in [3.8, 4) is 0 Å². The van der Waals surface area contributed by atoms with Gasteiger partial charge in [-0.25, -0.2) is 4.98 Å². The maximum Gasteiger partial charge on any atom is 0.311 e. The van der Waals surface area contributed by atoms with E-state index in [0.717, 1.165) is 25.8 Å². The highest BCUT2D eigenvalue weighted by Crippen LogP contribution is 2.32. The van der Waals surface area contributed by atoms with Gasteiger partial charge in [0.05, 0.1) is 4.92 Å². The quantitative estimate of drug-likeness (QED) is 0.657. The number of rotatable bonds is 3. The van der Waals surface area contributed by atoms with E-state index < -0.39 is 0 Å². The largest absolute Gasteiger partial charge is 0.384 e. The number of pyridine rings is 1. The highest BCUT2D eigenvalue weighted by molar-refractivity contribution is 5.61. The number of piperidine rings is 1. The Balaban J connectivity index is 2.41. The summed E-state index contributed by atoms with van der Waals surface area (Å²) in [4.78, 5) is 16.9. The van der Waals surface area contributed by atoms with Gasteiger partial charge in [0.15, 0.2) is 0 Å². The Morgan fingerprint density at radius 2 is 2.33 bits per heavy atom. The first-order valence-corrected chi connectivity index (χ1v) is 6.31. The van der Waals surface area contributed by atoms with Gasteiger partial charge >= 0.3 is 5.69 Å². The zero-order chi connectivity index (χ0) is 13.1. The van der Waals surface area contributed by atoms with E-state index >= 15 is 0 Å². The fourth-order valence-corrected chi connectivity index (χ4v) is 2.51. The van der Waals surface area contributed by atoms with Gasteiger partial charge in [0.25, 0.3) is 0 Å². The average molecular weight is 250 g/mol. The van der Waals surface area contributed by atoms with Gasteiger partial charge in [-0.2, -0.15) is 0 Å². The van der Waals surface area contributed by atoms with Crippen LogP contribution in [0.25, 0.3) is 0 Å². The molecule has 0 amide bonds. The van der Waals surface area contributed by atoms with Crippen LogP contribution >= 0.6 is 0 Å². The van der Waals surface area contributed by atoms with Crippen molar-refractivity contribution in [3.63, 3.8) is 0 Å². The van der Waals surface area contributed by atoms with Crippen molar-refractivity contribution in [3.05, 3.63) is 22.2 Å². The summed E-state index contributed by atoms with van der Waals surface area (Å²) >= 11 is 0. The van der Waals surface area contributed by atoms with Crippen molar-refractivity contribution >= 4 is 17.3 Å². The molecule has 0 aromatic carbocycles. The Labute approximate surface area is 106 Å². The Kier molecular flexibility index (Phi) is 3.64. The van der Waals surface area contributed by atoms with Gasteiger partial charge in [-0.15, -0.1) is 0 Å². The SMILES string of the molecule is CCC1CCCCN1c1nc(N)ccc1[N+](=O)[O-]. The molecule has 6 nitrogen and oxygen atoms in total. The van der Waals surface area contributed by atoms with E-state index in [-0.39, 0.29) is 10.6 Å². The fourth-order valence-electron chi connectivity index (χ4n) is 2.51. The standard InChI is InChI=1S/C12H18N4O2/c1-2-9-5-3-4-8-15(9)12-10(16(17)18)6-7-11(13)14-12/h6-7,9H,2-5,8H2,1H3,(H2,13,14). The minimum atomic E-state index is -0.386. The van der Waals surface area contributed by atoms with Crippen LogP contribution in [0, 0.1) is 10.1 Å². The third-order valence-electron chi connectivity index (χ3n) is 3.44. The molecular formula is C12H18N4O2. The molecule has 0 aliphatic carbocycles. The molecule has 1 unspecified atom stereocenters. The lowest BCUT2D eigenvalue weighted by Gasteiger charge is -2.35. The van der Waals surface area contributed by atoms with Gasteiger partial charge in [-0.1, -0.05) is 6.92 Å². The third-order valence-corrected chi connectivity index (χ3v) is 3.44.